The molecule has 0 unspecified atom stereocenters. The number of Topliss-reactive ketones (excluding diaryl/α,β-unsaturated/α-hetero) is 1. The third-order valence-corrected chi connectivity index (χ3v) is 6.14. The summed E-state index contributed by atoms with van der Waals surface area (Å²) in [6.07, 6.45) is 2.81. The van der Waals surface area contributed by atoms with Crippen LogP contribution in [0.5, 0.6) is 0 Å². The number of rotatable bonds is 6. The Kier molecular flexibility index (Phi) is 6.01. The van der Waals surface area contributed by atoms with Gasteiger partial charge < -0.3 is 10.0 Å². The summed E-state index contributed by atoms with van der Waals surface area (Å²) in [4.78, 5) is 14.4. The molecule has 0 spiro atoms. The molecular formula is C27H29NO2. The number of hydrogen-bond donors (Lipinski definition) is 1. The first-order valence-electron chi connectivity index (χ1n) is 10.9. The van der Waals surface area contributed by atoms with Gasteiger partial charge in [-0.15, -0.1) is 0 Å². The standard InChI is InChI=1S/C27H29NO2/c1-2-8-26(29)22-13-15-23(16-14-22)28-19-17-27(30,18-20-28)25-12-7-6-11-24(25)21-9-4-3-5-10-21/h3-7,9-16,30H,2,8,17-20H2,1H3. The highest BCUT2D eigenvalue weighted by Gasteiger charge is 2.35. The molecule has 0 radical (unpaired) electrons. The van der Waals surface area contributed by atoms with Crippen LogP contribution >= 0.6 is 0 Å². The van der Waals surface area contributed by atoms with Crippen molar-refractivity contribution in [1.29, 1.82) is 0 Å². The van der Waals surface area contributed by atoms with E-state index in [1.54, 1.807) is 0 Å². The minimum atomic E-state index is -0.833. The second-order valence-electron chi connectivity index (χ2n) is 8.15. The number of hydrogen-bond acceptors (Lipinski definition) is 3. The van der Waals surface area contributed by atoms with Gasteiger partial charge in [-0.2, -0.15) is 0 Å². The zero-order valence-corrected chi connectivity index (χ0v) is 17.6. The predicted octanol–water partition coefficient (Wildman–Crippen LogP) is 5.82. The van der Waals surface area contributed by atoms with Gasteiger partial charge in [-0.3, -0.25) is 4.79 Å². The first kappa shape index (κ1) is 20.4. The maximum atomic E-state index is 12.1. The average molecular weight is 400 g/mol. The average Bonchev–Trinajstić information content (AvgIpc) is 2.80. The van der Waals surface area contributed by atoms with Crippen LogP contribution in [0, 0.1) is 0 Å². The molecule has 1 saturated heterocycles. The van der Waals surface area contributed by atoms with Gasteiger partial charge in [0.25, 0.3) is 0 Å². The summed E-state index contributed by atoms with van der Waals surface area (Å²) in [6.45, 7) is 3.58. The number of aliphatic hydroxyl groups is 1. The molecule has 1 N–H and O–H groups in total. The van der Waals surface area contributed by atoms with Gasteiger partial charge in [-0.25, -0.2) is 0 Å². The Morgan fingerprint density at radius 2 is 1.53 bits per heavy atom. The van der Waals surface area contributed by atoms with Crippen molar-refractivity contribution in [2.45, 2.75) is 38.2 Å². The normalized spacial score (nSPS) is 15.7. The summed E-state index contributed by atoms with van der Waals surface area (Å²) >= 11 is 0. The van der Waals surface area contributed by atoms with Crippen LogP contribution in [-0.2, 0) is 5.60 Å². The van der Waals surface area contributed by atoms with Crippen LogP contribution in [0.15, 0.2) is 78.9 Å². The van der Waals surface area contributed by atoms with Crippen LogP contribution in [0.3, 0.4) is 0 Å². The molecule has 1 aliphatic heterocycles. The van der Waals surface area contributed by atoms with E-state index in [0.29, 0.717) is 19.3 Å². The SMILES string of the molecule is CCCC(=O)c1ccc(N2CCC(O)(c3ccccc3-c3ccccc3)CC2)cc1. The Bertz CT molecular complexity index is 987. The third kappa shape index (κ3) is 4.17. The molecule has 154 valence electrons. The van der Waals surface area contributed by atoms with E-state index in [0.717, 1.165) is 47.5 Å². The first-order chi connectivity index (χ1) is 14.6. The van der Waals surface area contributed by atoms with Crippen molar-refractivity contribution in [2.24, 2.45) is 0 Å². The largest absolute Gasteiger partial charge is 0.385 e. The van der Waals surface area contributed by atoms with Gasteiger partial charge in [0, 0.05) is 30.8 Å². The van der Waals surface area contributed by atoms with Crippen LogP contribution in [0.4, 0.5) is 5.69 Å². The number of benzene rings is 3. The molecule has 3 heteroatoms. The molecule has 1 heterocycles. The highest BCUT2D eigenvalue weighted by molar-refractivity contribution is 5.96. The van der Waals surface area contributed by atoms with Gasteiger partial charge >= 0.3 is 0 Å². The Morgan fingerprint density at radius 3 is 2.20 bits per heavy atom. The van der Waals surface area contributed by atoms with Gasteiger partial charge in [0.2, 0.25) is 0 Å². The minimum absolute atomic E-state index is 0.203. The molecular weight excluding hydrogens is 370 g/mol. The maximum absolute atomic E-state index is 12.1. The van der Waals surface area contributed by atoms with Crippen LogP contribution < -0.4 is 4.90 Å². The number of anilines is 1. The number of carbonyl (C=O) groups excluding carboxylic acids is 1. The van der Waals surface area contributed by atoms with Crippen molar-refractivity contribution in [3.63, 3.8) is 0 Å². The van der Waals surface area contributed by atoms with Crippen LogP contribution in [0.2, 0.25) is 0 Å². The van der Waals surface area contributed by atoms with Gasteiger partial charge in [-0.05, 0) is 60.2 Å². The van der Waals surface area contributed by atoms with Crippen molar-refractivity contribution in [3.05, 3.63) is 90.0 Å². The summed E-state index contributed by atoms with van der Waals surface area (Å²) < 4.78 is 0. The van der Waals surface area contributed by atoms with Gasteiger partial charge in [0.15, 0.2) is 5.78 Å². The number of nitrogens with zero attached hydrogens (tertiary/aromatic N) is 1. The first-order valence-corrected chi connectivity index (χ1v) is 10.9. The fourth-order valence-electron chi connectivity index (χ4n) is 4.39. The zero-order valence-electron chi connectivity index (χ0n) is 17.6. The van der Waals surface area contributed by atoms with Crippen molar-refractivity contribution in [2.75, 3.05) is 18.0 Å². The van der Waals surface area contributed by atoms with E-state index in [1.807, 2.05) is 61.5 Å². The molecule has 0 aromatic heterocycles. The van der Waals surface area contributed by atoms with Gasteiger partial charge in [0.05, 0.1) is 5.60 Å². The summed E-state index contributed by atoms with van der Waals surface area (Å²) in [5.41, 5.74) is 4.31. The Labute approximate surface area is 179 Å². The molecule has 4 rings (SSSR count). The minimum Gasteiger partial charge on any atom is -0.385 e. The van der Waals surface area contributed by atoms with Crippen molar-refractivity contribution < 1.29 is 9.90 Å². The molecule has 0 saturated carbocycles. The molecule has 3 aromatic carbocycles. The van der Waals surface area contributed by atoms with Crippen LogP contribution in [-0.4, -0.2) is 24.0 Å². The van der Waals surface area contributed by atoms with E-state index in [1.165, 1.54) is 0 Å². The fourth-order valence-corrected chi connectivity index (χ4v) is 4.39. The predicted molar refractivity (Wildman–Crippen MR) is 123 cm³/mol. The summed E-state index contributed by atoms with van der Waals surface area (Å²) in [5, 5.41) is 11.6. The molecule has 3 aromatic rings. The molecule has 0 bridgehead atoms. The monoisotopic (exact) mass is 399 g/mol. The molecule has 30 heavy (non-hydrogen) atoms. The highest BCUT2D eigenvalue weighted by atomic mass is 16.3. The quantitative estimate of drug-likeness (QED) is 0.531. The van der Waals surface area contributed by atoms with E-state index in [4.69, 9.17) is 0 Å². The molecule has 0 amide bonds. The van der Waals surface area contributed by atoms with E-state index in [9.17, 15) is 9.90 Å². The van der Waals surface area contributed by atoms with Crippen LogP contribution in [0.25, 0.3) is 11.1 Å². The zero-order chi connectivity index (χ0) is 21.0. The Morgan fingerprint density at radius 1 is 0.900 bits per heavy atom. The summed E-state index contributed by atoms with van der Waals surface area (Å²) in [7, 11) is 0. The number of piperidine rings is 1. The molecule has 0 atom stereocenters. The lowest BCUT2D eigenvalue weighted by atomic mass is 9.80. The topological polar surface area (TPSA) is 40.5 Å². The lowest BCUT2D eigenvalue weighted by Gasteiger charge is -2.40. The Hall–Kier alpha value is -2.91. The van der Waals surface area contributed by atoms with Gasteiger partial charge in [-0.1, -0.05) is 61.5 Å². The van der Waals surface area contributed by atoms with E-state index >= 15 is 0 Å². The van der Waals surface area contributed by atoms with Crippen LogP contribution in [0.1, 0.15) is 48.5 Å². The summed E-state index contributed by atoms with van der Waals surface area (Å²) in [6, 6.07) is 26.4. The van der Waals surface area contributed by atoms with Crippen molar-refractivity contribution in [1.82, 2.24) is 0 Å². The lowest BCUT2D eigenvalue weighted by Crippen LogP contribution is -2.43. The summed E-state index contributed by atoms with van der Waals surface area (Å²) in [5.74, 6) is 0.203. The fraction of sp³-hybridized carbons (Fsp3) is 0.296. The second kappa shape index (κ2) is 8.85. The van der Waals surface area contributed by atoms with E-state index in [-0.39, 0.29) is 5.78 Å². The smallest absolute Gasteiger partial charge is 0.162 e. The molecule has 1 fully saturated rings. The van der Waals surface area contributed by atoms with E-state index in [2.05, 4.69) is 29.2 Å². The lowest BCUT2D eigenvalue weighted by molar-refractivity contribution is 0.0123. The van der Waals surface area contributed by atoms with E-state index < -0.39 is 5.60 Å². The molecule has 0 aliphatic carbocycles. The van der Waals surface area contributed by atoms with Crippen molar-refractivity contribution >= 4 is 11.5 Å². The third-order valence-electron chi connectivity index (χ3n) is 6.14. The number of carbonyl (C=O) groups is 1. The second-order valence-corrected chi connectivity index (χ2v) is 8.15. The van der Waals surface area contributed by atoms with Crippen molar-refractivity contribution in [3.8, 4) is 11.1 Å². The number of ketones is 1. The molecule has 1 aliphatic rings. The highest BCUT2D eigenvalue weighted by Crippen LogP contribution is 2.39. The molecule has 3 nitrogen and oxygen atoms in total. The van der Waals surface area contributed by atoms with Gasteiger partial charge in [0.1, 0.15) is 0 Å². The maximum Gasteiger partial charge on any atom is 0.162 e. The Balaban J connectivity index is 1.50.